The molecule has 0 aliphatic carbocycles. The van der Waals surface area contributed by atoms with Crippen molar-refractivity contribution in [3.63, 3.8) is 0 Å². The fraction of sp³-hybridized carbons (Fsp3) is 0.706. The lowest BCUT2D eigenvalue weighted by Gasteiger charge is -2.21. The van der Waals surface area contributed by atoms with Crippen LogP contribution in [0.4, 0.5) is 0 Å². The van der Waals surface area contributed by atoms with Crippen molar-refractivity contribution in [2.45, 2.75) is 59.2 Å². The monoisotopic (exact) mass is 332 g/mol. The largest absolute Gasteiger partial charge is 0.345 e. The third-order valence-electron chi connectivity index (χ3n) is 4.94. The predicted molar refractivity (Wildman–Crippen MR) is 93.0 cm³/mol. The Morgan fingerprint density at radius 2 is 2.08 bits per heavy atom. The average Bonchev–Trinajstić information content (AvgIpc) is 3.12. The topological polar surface area (TPSA) is 69.7 Å². The van der Waals surface area contributed by atoms with Crippen molar-refractivity contribution < 1.29 is 0 Å². The number of hydrogen-bond donors (Lipinski definition) is 1. The van der Waals surface area contributed by atoms with Crippen molar-refractivity contribution in [2.24, 2.45) is 5.92 Å². The fourth-order valence-corrected chi connectivity index (χ4v) is 3.48. The van der Waals surface area contributed by atoms with Gasteiger partial charge < -0.3 is 9.88 Å². The first-order valence-corrected chi connectivity index (χ1v) is 9.04. The highest BCUT2D eigenvalue weighted by Gasteiger charge is 2.19. The van der Waals surface area contributed by atoms with Gasteiger partial charge in [0.1, 0.15) is 11.6 Å². The van der Waals surface area contributed by atoms with Crippen molar-refractivity contribution in [1.82, 2.24) is 29.2 Å². The number of nitrogens with zero attached hydrogens (tertiary/aromatic N) is 5. The summed E-state index contributed by atoms with van der Waals surface area (Å²) >= 11 is 0. The molecule has 7 heteroatoms. The molecule has 0 aromatic carbocycles. The zero-order chi connectivity index (χ0) is 16.9. The molecule has 0 saturated carbocycles. The molecule has 3 rings (SSSR count). The number of aryl methyl sites for hydroxylation is 3. The molecule has 0 amide bonds. The molecule has 1 aliphatic heterocycles. The van der Waals surface area contributed by atoms with Crippen LogP contribution in [0.1, 0.15) is 37.8 Å². The number of hydrogen-bond acceptors (Lipinski definition) is 4. The Balaban J connectivity index is 1.64. The van der Waals surface area contributed by atoms with Crippen LogP contribution in [0, 0.1) is 12.8 Å². The number of piperidine rings is 1. The molecule has 0 atom stereocenters. The summed E-state index contributed by atoms with van der Waals surface area (Å²) in [5.41, 5.74) is 0.0313. The lowest BCUT2D eigenvalue weighted by atomic mass is 9.94. The molecule has 1 fully saturated rings. The zero-order valence-electron chi connectivity index (χ0n) is 14.7. The Morgan fingerprint density at radius 1 is 1.29 bits per heavy atom. The van der Waals surface area contributed by atoms with Crippen molar-refractivity contribution in [1.29, 1.82) is 0 Å². The van der Waals surface area contributed by atoms with Gasteiger partial charge in [0.2, 0.25) is 0 Å². The summed E-state index contributed by atoms with van der Waals surface area (Å²) in [4.78, 5) is 16.8. The molecule has 0 unspecified atom stereocenters. The minimum atomic E-state index is 0.0313. The summed E-state index contributed by atoms with van der Waals surface area (Å²) in [6, 6.07) is 0. The van der Waals surface area contributed by atoms with E-state index >= 15 is 0 Å². The molecule has 0 bridgehead atoms. The van der Waals surface area contributed by atoms with Gasteiger partial charge in [0.25, 0.3) is 0 Å². The SMILES string of the molecule is CCn1c(CC2CCNCC2)nn(CCCn2ccnc2C)c1=O. The van der Waals surface area contributed by atoms with Crippen LogP contribution in [0.5, 0.6) is 0 Å². The van der Waals surface area contributed by atoms with E-state index in [9.17, 15) is 4.79 Å². The van der Waals surface area contributed by atoms with E-state index in [0.717, 1.165) is 44.1 Å². The van der Waals surface area contributed by atoms with Crippen molar-refractivity contribution in [3.8, 4) is 0 Å². The van der Waals surface area contributed by atoms with Gasteiger partial charge in [-0.05, 0) is 52.1 Å². The molecule has 7 nitrogen and oxygen atoms in total. The van der Waals surface area contributed by atoms with E-state index < -0.39 is 0 Å². The maximum Gasteiger partial charge on any atom is 0.345 e. The van der Waals surface area contributed by atoms with Gasteiger partial charge in [-0.1, -0.05) is 0 Å². The number of aromatic nitrogens is 5. The lowest BCUT2D eigenvalue weighted by Crippen LogP contribution is -2.30. The molecule has 1 saturated heterocycles. The van der Waals surface area contributed by atoms with E-state index in [4.69, 9.17) is 0 Å². The Hall–Kier alpha value is -1.89. The van der Waals surface area contributed by atoms with Gasteiger partial charge in [-0.3, -0.25) is 4.57 Å². The standard InChI is InChI=1S/C17H28N6O/c1-3-22-16(13-15-5-7-18-8-6-15)20-23(17(22)24)11-4-10-21-12-9-19-14(21)2/h9,12,15,18H,3-8,10-11,13H2,1-2H3. The summed E-state index contributed by atoms with van der Waals surface area (Å²) in [5.74, 6) is 2.60. The summed E-state index contributed by atoms with van der Waals surface area (Å²) in [6.07, 6.45) is 7.92. The fourth-order valence-electron chi connectivity index (χ4n) is 3.48. The molecule has 132 valence electrons. The molecular weight excluding hydrogens is 304 g/mol. The van der Waals surface area contributed by atoms with Gasteiger partial charge in [-0.15, -0.1) is 0 Å². The van der Waals surface area contributed by atoms with Crippen LogP contribution in [-0.4, -0.2) is 37.0 Å². The summed E-state index contributed by atoms with van der Waals surface area (Å²) in [5, 5.41) is 8.03. The normalized spacial score (nSPS) is 15.9. The van der Waals surface area contributed by atoms with Crippen molar-refractivity contribution in [2.75, 3.05) is 13.1 Å². The van der Waals surface area contributed by atoms with Crippen LogP contribution < -0.4 is 11.0 Å². The maximum absolute atomic E-state index is 12.6. The van der Waals surface area contributed by atoms with Gasteiger partial charge in [0, 0.05) is 38.4 Å². The molecule has 1 aliphatic rings. The number of imidazole rings is 1. The third kappa shape index (κ3) is 3.77. The molecule has 1 N–H and O–H groups in total. The third-order valence-corrected chi connectivity index (χ3v) is 4.94. The van der Waals surface area contributed by atoms with Gasteiger partial charge in [0.15, 0.2) is 0 Å². The molecule has 3 heterocycles. The zero-order valence-corrected chi connectivity index (χ0v) is 14.7. The second-order valence-corrected chi connectivity index (χ2v) is 6.59. The van der Waals surface area contributed by atoms with E-state index in [2.05, 4.69) is 20.0 Å². The minimum Gasteiger partial charge on any atom is -0.335 e. The van der Waals surface area contributed by atoms with E-state index in [1.165, 1.54) is 12.8 Å². The van der Waals surface area contributed by atoms with Gasteiger partial charge in [-0.2, -0.15) is 5.10 Å². The quantitative estimate of drug-likeness (QED) is 0.827. The number of rotatable bonds is 7. The maximum atomic E-state index is 12.6. The average molecular weight is 332 g/mol. The highest BCUT2D eigenvalue weighted by molar-refractivity contribution is 4.92. The highest BCUT2D eigenvalue weighted by atomic mass is 16.2. The number of nitrogens with one attached hydrogen (secondary N) is 1. The van der Waals surface area contributed by atoms with E-state index in [1.807, 2.05) is 30.8 Å². The van der Waals surface area contributed by atoms with E-state index in [0.29, 0.717) is 19.0 Å². The predicted octanol–water partition coefficient (Wildman–Crippen LogP) is 1.20. The first-order valence-electron chi connectivity index (χ1n) is 9.04. The second kappa shape index (κ2) is 7.79. The highest BCUT2D eigenvalue weighted by Crippen LogP contribution is 2.16. The van der Waals surface area contributed by atoms with Crippen LogP contribution in [-0.2, 0) is 26.1 Å². The van der Waals surface area contributed by atoms with Crippen molar-refractivity contribution >= 4 is 0 Å². The molecular formula is C17H28N6O. The Morgan fingerprint density at radius 3 is 2.75 bits per heavy atom. The van der Waals surface area contributed by atoms with Crippen LogP contribution in [0.3, 0.4) is 0 Å². The molecule has 24 heavy (non-hydrogen) atoms. The first-order chi connectivity index (χ1) is 11.7. The Labute approximate surface area is 142 Å². The lowest BCUT2D eigenvalue weighted by molar-refractivity contribution is 0.362. The van der Waals surface area contributed by atoms with Crippen LogP contribution in [0.2, 0.25) is 0 Å². The van der Waals surface area contributed by atoms with Gasteiger partial charge in [-0.25, -0.2) is 14.5 Å². The van der Waals surface area contributed by atoms with Gasteiger partial charge in [0.05, 0.1) is 0 Å². The van der Waals surface area contributed by atoms with Crippen LogP contribution in [0.25, 0.3) is 0 Å². The summed E-state index contributed by atoms with van der Waals surface area (Å²) < 4.78 is 5.59. The summed E-state index contributed by atoms with van der Waals surface area (Å²) in [7, 11) is 0. The smallest absolute Gasteiger partial charge is 0.335 e. The molecule has 2 aromatic rings. The first kappa shape index (κ1) is 17.0. The van der Waals surface area contributed by atoms with Crippen LogP contribution >= 0.6 is 0 Å². The summed E-state index contributed by atoms with van der Waals surface area (Å²) in [6.45, 7) is 8.38. The van der Waals surface area contributed by atoms with E-state index in [1.54, 1.807) is 4.68 Å². The van der Waals surface area contributed by atoms with Crippen molar-refractivity contribution in [3.05, 3.63) is 34.5 Å². The van der Waals surface area contributed by atoms with Gasteiger partial charge >= 0.3 is 5.69 Å². The van der Waals surface area contributed by atoms with E-state index in [-0.39, 0.29) is 5.69 Å². The molecule has 0 radical (unpaired) electrons. The Kier molecular flexibility index (Phi) is 5.50. The molecule has 0 spiro atoms. The van der Waals surface area contributed by atoms with Crippen LogP contribution in [0.15, 0.2) is 17.2 Å². The Bertz CT molecular complexity index is 707. The minimum absolute atomic E-state index is 0.0313. The molecule has 2 aromatic heterocycles. The second-order valence-electron chi connectivity index (χ2n) is 6.59.